The van der Waals surface area contributed by atoms with Crippen molar-refractivity contribution >= 4 is 11.9 Å². The number of hydrogen-bond acceptors (Lipinski definition) is 4. The summed E-state index contributed by atoms with van der Waals surface area (Å²) in [5, 5.41) is 8.55. The van der Waals surface area contributed by atoms with Crippen LogP contribution in [0.15, 0.2) is 36.6 Å². The third-order valence-electron chi connectivity index (χ3n) is 1.73. The number of esters is 1. The number of aliphatic carboxylic acids is 1. The van der Waals surface area contributed by atoms with E-state index in [1.807, 2.05) is 0 Å². The van der Waals surface area contributed by atoms with Crippen LogP contribution in [0.5, 0.6) is 5.75 Å². The molecule has 0 bridgehead atoms. The first kappa shape index (κ1) is 11.8. The summed E-state index contributed by atoms with van der Waals surface area (Å²) in [5.41, 5.74) is 0.276. The number of carboxylic acids is 1. The average molecular weight is 222 g/mol. The first-order valence-electron chi connectivity index (χ1n) is 4.33. The highest BCUT2D eigenvalue weighted by atomic mass is 16.5. The molecule has 1 aromatic carbocycles. The molecule has 0 heterocycles. The summed E-state index contributed by atoms with van der Waals surface area (Å²) in [4.78, 5) is 21.6. The summed E-state index contributed by atoms with van der Waals surface area (Å²) in [6.45, 7) is 3.21. The van der Waals surface area contributed by atoms with Gasteiger partial charge in [-0.1, -0.05) is 6.07 Å². The van der Waals surface area contributed by atoms with Crippen molar-refractivity contribution in [3.63, 3.8) is 0 Å². The zero-order valence-corrected chi connectivity index (χ0v) is 8.60. The SMILES string of the molecule is C=C(Oc1cccc(C(=O)OC)c1)C(=O)O. The van der Waals surface area contributed by atoms with E-state index in [-0.39, 0.29) is 11.3 Å². The van der Waals surface area contributed by atoms with Crippen LogP contribution >= 0.6 is 0 Å². The number of methoxy groups -OCH3 is 1. The van der Waals surface area contributed by atoms with E-state index < -0.39 is 17.7 Å². The fraction of sp³-hybridized carbons (Fsp3) is 0.0909. The predicted molar refractivity (Wildman–Crippen MR) is 55.2 cm³/mol. The highest BCUT2D eigenvalue weighted by Crippen LogP contribution is 2.16. The number of carboxylic acid groups (broad SMARTS) is 1. The Kier molecular flexibility index (Phi) is 3.66. The van der Waals surface area contributed by atoms with Gasteiger partial charge in [-0.15, -0.1) is 0 Å². The van der Waals surface area contributed by atoms with Crippen molar-refractivity contribution in [3.05, 3.63) is 42.2 Å². The van der Waals surface area contributed by atoms with Crippen LogP contribution in [0, 0.1) is 0 Å². The molecule has 0 radical (unpaired) electrons. The van der Waals surface area contributed by atoms with Crippen molar-refractivity contribution in [3.8, 4) is 5.75 Å². The largest absolute Gasteiger partial charge is 0.475 e. The standard InChI is InChI=1S/C11H10O5/c1-7(10(12)13)16-9-5-3-4-8(6-9)11(14)15-2/h3-6H,1H2,2H3,(H,12,13). The van der Waals surface area contributed by atoms with Crippen LogP contribution in [0.25, 0.3) is 0 Å². The number of carbonyl (C=O) groups is 2. The van der Waals surface area contributed by atoms with Crippen molar-refractivity contribution in [2.24, 2.45) is 0 Å². The quantitative estimate of drug-likeness (QED) is 0.474. The molecule has 0 fully saturated rings. The number of hydrogen-bond donors (Lipinski definition) is 1. The minimum atomic E-state index is -1.26. The average Bonchev–Trinajstić information content (AvgIpc) is 2.28. The van der Waals surface area contributed by atoms with Crippen molar-refractivity contribution in [2.45, 2.75) is 0 Å². The molecular formula is C11H10O5. The van der Waals surface area contributed by atoms with Crippen molar-refractivity contribution in [1.29, 1.82) is 0 Å². The molecule has 0 saturated carbocycles. The van der Waals surface area contributed by atoms with Gasteiger partial charge in [0, 0.05) is 0 Å². The lowest BCUT2D eigenvalue weighted by Crippen LogP contribution is -2.07. The van der Waals surface area contributed by atoms with E-state index in [1.165, 1.54) is 25.3 Å². The maximum absolute atomic E-state index is 11.2. The summed E-state index contributed by atoms with van der Waals surface area (Å²) in [7, 11) is 1.26. The van der Waals surface area contributed by atoms with E-state index in [1.54, 1.807) is 6.07 Å². The van der Waals surface area contributed by atoms with Gasteiger partial charge in [-0.25, -0.2) is 9.59 Å². The van der Waals surface area contributed by atoms with Crippen molar-refractivity contribution < 1.29 is 24.2 Å². The lowest BCUT2D eigenvalue weighted by molar-refractivity contribution is -0.135. The second-order valence-corrected chi connectivity index (χ2v) is 2.85. The molecule has 0 aromatic heterocycles. The van der Waals surface area contributed by atoms with Gasteiger partial charge < -0.3 is 14.6 Å². The molecule has 0 atom stereocenters. The number of rotatable bonds is 4. The number of ether oxygens (including phenoxy) is 2. The molecule has 5 nitrogen and oxygen atoms in total. The van der Waals surface area contributed by atoms with E-state index >= 15 is 0 Å². The van der Waals surface area contributed by atoms with Gasteiger partial charge in [-0.05, 0) is 24.8 Å². The molecule has 0 saturated heterocycles. The summed E-state index contributed by atoms with van der Waals surface area (Å²) in [6.07, 6.45) is 0. The Bertz CT molecular complexity index is 436. The molecule has 0 aliphatic rings. The second-order valence-electron chi connectivity index (χ2n) is 2.85. The first-order valence-corrected chi connectivity index (χ1v) is 4.33. The monoisotopic (exact) mass is 222 g/mol. The van der Waals surface area contributed by atoms with Crippen LogP contribution in [0.1, 0.15) is 10.4 Å². The van der Waals surface area contributed by atoms with Crippen LogP contribution in [-0.4, -0.2) is 24.2 Å². The summed E-state index contributed by atoms with van der Waals surface area (Å²) >= 11 is 0. The molecular weight excluding hydrogens is 212 g/mol. The second kappa shape index (κ2) is 4.97. The molecule has 0 unspecified atom stereocenters. The van der Waals surface area contributed by atoms with Gasteiger partial charge in [0.2, 0.25) is 5.76 Å². The highest BCUT2D eigenvalue weighted by molar-refractivity contribution is 5.90. The van der Waals surface area contributed by atoms with Gasteiger partial charge >= 0.3 is 11.9 Å². The third kappa shape index (κ3) is 2.84. The molecule has 1 aromatic rings. The molecule has 0 aliphatic heterocycles. The molecule has 16 heavy (non-hydrogen) atoms. The van der Waals surface area contributed by atoms with Crippen LogP contribution in [0.4, 0.5) is 0 Å². The Morgan fingerprint density at radius 2 is 2.06 bits per heavy atom. The van der Waals surface area contributed by atoms with Gasteiger partial charge in [0.05, 0.1) is 12.7 Å². The Hall–Kier alpha value is -2.30. The number of carbonyl (C=O) groups excluding carboxylic acids is 1. The Morgan fingerprint density at radius 1 is 1.38 bits per heavy atom. The number of benzene rings is 1. The van der Waals surface area contributed by atoms with E-state index in [0.717, 1.165) is 0 Å². The minimum absolute atomic E-state index is 0.218. The maximum Gasteiger partial charge on any atom is 0.371 e. The fourth-order valence-electron chi connectivity index (χ4n) is 0.990. The van der Waals surface area contributed by atoms with E-state index in [2.05, 4.69) is 11.3 Å². The van der Waals surface area contributed by atoms with Gasteiger partial charge in [-0.2, -0.15) is 0 Å². The van der Waals surface area contributed by atoms with Crippen LogP contribution in [0.3, 0.4) is 0 Å². The lowest BCUT2D eigenvalue weighted by atomic mass is 10.2. The Labute approximate surface area is 91.9 Å². The molecule has 0 amide bonds. The predicted octanol–water partition coefficient (Wildman–Crippen LogP) is 1.45. The summed E-state index contributed by atoms with van der Waals surface area (Å²) in [6, 6.07) is 5.97. The first-order chi connectivity index (χ1) is 7.54. The van der Waals surface area contributed by atoms with Gasteiger partial charge in [0.25, 0.3) is 0 Å². The van der Waals surface area contributed by atoms with Crippen LogP contribution in [-0.2, 0) is 9.53 Å². The van der Waals surface area contributed by atoms with E-state index in [9.17, 15) is 9.59 Å². The zero-order valence-electron chi connectivity index (χ0n) is 8.60. The third-order valence-corrected chi connectivity index (χ3v) is 1.73. The lowest BCUT2D eigenvalue weighted by Gasteiger charge is -2.05. The smallest absolute Gasteiger partial charge is 0.371 e. The van der Waals surface area contributed by atoms with E-state index in [0.29, 0.717) is 0 Å². The van der Waals surface area contributed by atoms with Gasteiger partial charge in [-0.3, -0.25) is 0 Å². The molecule has 84 valence electrons. The highest BCUT2D eigenvalue weighted by Gasteiger charge is 2.09. The fourth-order valence-corrected chi connectivity index (χ4v) is 0.990. The minimum Gasteiger partial charge on any atom is -0.475 e. The topological polar surface area (TPSA) is 72.8 Å². The molecule has 1 rings (SSSR count). The van der Waals surface area contributed by atoms with Crippen LogP contribution in [0.2, 0.25) is 0 Å². The maximum atomic E-state index is 11.2. The molecule has 0 spiro atoms. The Morgan fingerprint density at radius 3 is 2.62 bits per heavy atom. The molecule has 5 heteroatoms. The van der Waals surface area contributed by atoms with Gasteiger partial charge in [0.1, 0.15) is 5.75 Å². The Balaban J connectivity index is 2.87. The molecule has 0 aliphatic carbocycles. The summed E-state index contributed by atoms with van der Waals surface area (Å²) < 4.78 is 9.42. The zero-order chi connectivity index (χ0) is 12.1. The van der Waals surface area contributed by atoms with Gasteiger partial charge in [0.15, 0.2) is 0 Å². The molecule has 1 N–H and O–H groups in total. The van der Waals surface area contributed by atoms with Crippen molar-refractivity contribution in [1.82, 2.24) is 0 Å². The van der Waals surface area contributed by atoms with Crippen LogP contribution < -0.4 is 4.74 Å². The van der Waals surface area contributed by atoms with Crippen molar-refractivity contribution in [2.75, 3.05) is 7.11 Å². The normalized spacial score (nSPS) is 9.31. The van der Waals surface area contributed by atoms with E-state index in [4.69, 9.17) is 9.84 Å². The summed E-state index contributed by atoms with van der Waals surface area (Å²) in [5.74, 6) is -1.98.